The number of para-hydroxylation sites is 1. The van der Waals surface area contributed by atoms with Crippen molar-refractivity contribution in [2.75, 3.05) is 26.4 Å². The molecule has 0 radical (unpaired) electrons. The number of hydrogen-bond acceptors (Lipinski definition) is 6. The number of aliphatic imine (C=N–C) groups is 1. The van der Waals surface area contributed by atoms with Gasteiger partial charge in [-0.2, -0.15) is 0 Å². The lowest BCUT2D eigenvalue weighted by Crippen LogP contribution is -2.48. The second-order valence-corrected chi connectivity index (χ2v) is 10.8. The molecule has 45 heavy (non-hydrogen) atoms. The van der Waals surface area contributed by atoms with Crippen LogP contribution in [0.1, 0.15) is 42.6 Å². The number of benzene rings is 4. The van der Waals surface area contributed by atoms with Crippen LogP contribution >= 0.6 is 0 Å². The first kappa shape index (κ1) is 31.5. The molecular weight excluding hydrogens is 564 g/mol. The summed E-state index contributed by atoms with van der Waals surface area (Å²) in [6.07, 6.45) is 2.50. The normalized spacial score (nSPS) is 17.2. The highest BCUT2D eigenvalue weighted by Crippen LogP contribution is 2.43. The quantitative estimate of drug-likeness (QED) is 0.116. The molecular formula is C38H40N2O5. The number of amides is 1. The molecule has 2 atom stereocenters. The molecule has 7 heteroatoms. The van der Waals surface area contributed by atoms with Crippen LogP contribution in [0.4, 0.5) is 0 Å². The van der Waals surface area contributed by atoms with Gasteiger partial charge in [0.2, 0.25) is 5.90 Å². The molecule has 2 N–H and O–H groups in total. The number of aliphatic hydroxyl groups excluding tert-OH is 1. The van der Waals surface area contributed by atoms with Crippen molar-refractivity contribution >= 4 is 11.8 Å². The topological polar surface area (TPSA) is 89.4 Å². The number of ether oxygens (including phenoxy) is 3. The lowest BCUT2D eigenvalue weighted by Gasteiger charge is -2.30. The highest BCUT2D eigenvalue weighted by atomic mass is 16.5. The fourth-order valence-electron chi connectivity index (χ4n) is 5.49. The zero-order valence-corrected chi connectivity index (χ0v) is 25.7. The highest BCUT2D eigenvalue weighted by molar-refractivity contribution is 6.01. The third-order valence-electron chi connectivity index (χ3n) is 7.76. The number of aliphatic hydroxyl groups is 1. The summed E-state index contributed by atoms with van der Waals surface area (Å²) in [7, 11) is 0. The number of hydrogen-bond donors (Lipinski definition) is 2. The molecule has 0 unspecified atom stereocenters. The van der Waals surface area contributed by atoms with E-state index in [4.69, 9.17) is 24.3 Å². The van der Waals surface area contributed by atoms with Gasteiger partial charge in [-0.25, -0.2) is 4.99 Å². The largest absolute Gasteiger partial charge is 0.494 e. The maximum atomic E-state index is 14.2. The predicted octanol–water partition coefficient (Wildman–Crippen LogP) is 6.71. The summed E-state index contributed by atoms with van der Waals surface area (Å²) in [5.41, 5.74) is 3.52. The summed E-state index contributed by atoms with van der Waals surface area (Å²) >= 11 is 0. The van der Waals surface area contributed by atoms with Gasteiger partial charge in [0, 0.05) is 31.6 Å². The molecule has 5 rings (SSSR count). The van der Waals surface area contributed by atoms with Crippen LogP contribution in [-0.4, -0.2) is 48.8 Å². The van der Waals surface area contributed by atoms with Crippen molar-refractivity contribution in [3.8, 4) is 22.6 Å². The highest BCUT2D eigenvalue weighted by Gasteiger charge is 2.52. The third-order valence-corrected chi connectivity index (χ3v) is 7.76. The van der Waals surface area contributed by atoms with E-state index in [1.54, 1.807) is 6.08 Å². The van der Waals surface area contributed by atoms with E-state index in [0.29, 0.717) is 44.2 Å². The van der Waals surface area contributed by atoms with Gasteiger partial charge in [-0.15, -0.1) is 6.58 Å². The summed E-state index contributed by atoms with van der Waals surface area (Å²) < 4.78 is 18.0. The summed E-state index contributed by atoms with van der Waals surface area (Å²) in [6.45, 7) is 7.41. The predicted molar refractivity (Wildman–Crippen MR) is 178 cm³/mol. The van der Waals surface area contributed by atoms with Crippen LogP contribution in [0.2, 0.25) is 0 Å². The second-order valence-electron chi connectivity index (χ2n) is 10.8. The first-order valence-corrected chi connectivity index (χ1v) is 15.4. The Morgan fingerprint density at radius 1 is 0.933 bits per heavy atom. The minimum Gasteiger partial charge on any atom is -0.494 e. The first-order valence-electron chi connectivity index (χ1n) is 15.4. The number of carbonyl (C=O) groups excluding carboxylic acids is 1. The maximum absolute atomic E-state index is 14.2. The Hall–Kier alpha value is -4.88. The molecule has 4 aromatic carbocycles. The Labute approximate surface area is 265 Å². The molecule has 0 saturated heterocycles. The first-order chi connectivity index (χ1) is 22.1. The smallest absolute Gasteiger partial charge is 0.252 e. The van der Waals surface area contributed by atoms with Gasteiger partial charge >= 0.3 is 0 Å². The number of nitrogens with one attached hydrogen (secondary N) is 1. The molecule has 7 nitrogen and oxygen atoms in total. The van der Waals surface area contributed by atoms with Gasteiger partial charge in [0.15, 0.2) is 11.6 Å². The molecule has 0 fully saturated rings. The van der Waals surface area contributed by atoms with E-state index in [0.717, 1.165) is 33.6 Å². The summed E-state index contributed by atoms with van der Waals surface area (Å²) in [6, 6.07) is 33.6. The van der Waals surface area contributed by atoms with Crippen molar-refractivity contribution in [3.05, 3.63) is 132 Å². The van der Waals surface area contributed by atoms with Gasteiger partial charge in [-0.05, 0) is 65.9 Å². The fourth-order valence-corrected chi connectivity index (χ4v) is 5.49. The number of nitrogens with zero attached hydrogens (tertiary/aromatic N) is 1. The van der Waals surface area contributed by atoms with Crippen molar-refractivity contribution < 1.29 is 24.1 Å². The molecule has 0 bridgehead atoms. The van der Waals surface area contributed by atoms with E-state index in [2.05, 4.69) is 24.0 Å². The zero-order chi connectivity index (χ0) is 31.5. The molecule has 1 heterocycles. The van der Waals surface area contributed by atoms with Gasteiger partial charge in [-0.3, -0.25) is 4.79 Å². The molecule has 4 aromatic rings. The van der Waals surface area contributed by atoms with Crippen LogP contribution in [0, 0.1) is 0 Å². The molecule has 0 aromatic heterocycles. The van der Waals surface area contributed by atoms with Gasteiger partial charge in [0.1, 0.15) is 11.5 Å². The van der Waals surface area contributed by atoms with E-state index >= 15 is 0 Å². The van der Waals surface area contributed by atoms with Crippen molar-refractivity contribution in [1.29, 1.82) is 0 Å². The van der Waals surface area contributed by atoms with E-state index in [1.807, 2.05) is 97.9 Å². The Kier molecular flexibility index (Phi) is 10.7. The summed E-state index contributed by atoms with van der Waals surface area (Å²) in [5, 5.41) is 12.2. The molecule has 0 aliphatic carbocycles. The fraction of sp³-hybridized carbons (Fsp3) is 0.263. The Bertz CT molecular complexity index is 1580. The molecule has 0 spiro atoms. The Morgan fingerprint density at radius 3 is 2.33 bits per heavy atom. The Balaban J connectivity index is 1.44. The summed E-state index contributed by atoms with van der Waals surface area (Å²) in [5.74, 6) is 1.65. The van der Waals surface area contributed by atoms with Gasteiger partial charge in [0.25, 0.3) is 5.91 Å². The van der Waals surface area contributed by atoms with E-state index in [1.165, 1.54) is 0 Å². The number of rotatable bonds is 15. The van der Waals surface area contributed by atoms with E-state index in [-0.39, 0.29) is 18.9 Å². The molecule has 0 saturated carbocycles. The molecule has 1 amide bonds. The Morgan fingerprint density at radius 2 is 1.62 bits per heavy atom. The van der Waals surface area contributed by atoms with Crippen LogP contribution in [0.3, 0.4) is 0 Å². The molecule has 232 valence electrons. The van der Waals surface area contributed by atoms with Crippen LogP contribution in [-0.2, 0) is 16.0 Å². The lowest BCUT2D eigenvalue weighted by molar-refractivity contribution is -0.128. The van der Waals surface area contributed by atoms with Gasteiger partial charge in [-0.1, -0.05) is 78.9 Å². The van der Waals surface area contributed by atoms with Crippen molar-refractivity contribution in [3.63, 3.8) is 0 Å². The van der Waals surface area contributed by atoms with Gasteiger partial charge < -0.3 is 24.6 Å². The third kappa shape index (κ3) is 7.44. The van der Waals surface area contributed by atoms with Crippen molar-refractivity contribution in [2.24, 2.45) is 4.99 Å². The van der Waals surface area contributed by atoms with Gasteiger partial charge in [0.05, 0.1) is 13.2 Å². The van der Waals surface area contributed by atoms with E-state index < -0.39 is 11.6 Å². The van der Waals surface area contributed by atoms with Crippen LogP contribution in [0.25, 0.3) is 11.1 Å². The number of carbonyl (C=O) groups is 1. The van der Waals surface area contributed by atoms with Crippen LogP contribution < -0.4 is 14.8 Å². The van der Waals surface area contributed by atoms with Crippen molar-refractivity contribution in [1.82, 2.24) is 5.32 Å². The van der Waals surface area contributed by atoms with Crippen LogP contribution in [0.5, 0.6) is 11.5 Å². The maximum Gasteiger partial charge on any atom is 0.252 e. The van der Waals surface area contributed by atoms with E-state index in [9.17, 15) is 4.79 Å². The monoisotopic (exact) mass is 604 g/mol. The molecule has 1 aliphatic heterocycles. The van der Waals surface area contributed by atoms with Crippen LogP contribution in [0.15, 0.2) is 121 Å². The lowest BCUT2D eigenvalue weighted by atomic mass is 9.84. The minimum absolute atomic E-state index is 0.0723. The average Bonchev–Trinajstić information content (AvgIpc) is 3.47. The van der Waals surface area contributed by atoms with Crippen molar-refractivity contribution in [2.45, 2.75) is 37.8 Å². The average molecular weight is 605 g/mol. The SMILES string of the molecule is C=CC[C@@]1(C(=O)NCCc2ccccc2OCC)N=C(c2ccc(OCCCO)cc2)O[C@@H]1c1ccc(-c2ccccc2)cc1. The second kappa shape index (κ2) is 15.2. The minimum atomic E-state index is -1.26. The summed E-state index contributed by atoms with van der Waals surface area (Å²) in [4.78, 5) is 19.2. The molecule has 1 aliphatic rings. The zero-order valence-electron chi connectivity index (χ0n) is 25.7. The standard InChI is InChI=1S/C38H40N2O5/c1-3-24-38(37(42)39-25-23-30-13-8-9-14-34(30)43-4-2)35(31-17-15-29(16-18-31)28-11-6-5-7-12-28)45-36(40-38)32-19-21-33(22-20-32)44-27-10-26-41/h3,5-9,11-22,35,41H,1,4,10,23-27H2,2H3,(H,39,42)/t35-,38-/m1/s1.